The lowest BCUT2D eigenvalue weighted by Crippen LogP contribution is -2.41. The Hall–Kier alpha value is -2.96. The lowest BCUT2D eigenvalue weighted by Gasteiger charge is -2.14. The minimum absolute atomic E-state index is 0.0120. The lowest BCUT2D eigenvalue weighted by atomic mass is 10.2. The van der Waals surface area contributed by atoms with Crippen LogP contribution in [0, 0.1) is 0 Å². The number of rotatable bonds is 7. The number of benzene rings is 1. The van der Waals surface area contributed by atoms with E-state index in [9.17, 15) is 9.59 Å². The molecular formula is C18H22N2O5. The van der Waals surface area contributed by atoms with E-state index in [0.717, 1.165) is 0 Å². The van der Waals surface area contributed by atoms with Crippen molar-refractivity contribution >= 4 is 11.8 Å². The average Bonchev–Trinajstić information content (AvgIpc) is 3.11. The maximum Gasteiger partial charge on any atom is 0.269 e. The topological polar surface area (TPSA) is 89.8 Å². The van der Waals surface area contributed by atoms with E-state index in [1.807, 2.05) is 13.8 Å². The van der Waals surface area contributed by atoms with Gasteiger partial charge in [-0.15, -0.1) is 0 Å². The predicted octanol–water partition coefficient (Wildman–Crippen LogP) is 2.47. The van der Waals surface area contributed by atoms with E-state index in [1.165, 1.54) is 7.11 Å². The first kappa shape index (κ1) is 18.4. The summed E-state index contributed by atoms with van der Waals surface area (Å²) in [5.74, 6) is 0.964. The van der Waals surface area contributed by atoms with Gasteiger partial charge in [-0.3, -0.25) is 20.4 Å². The Morgan fingerprint density at radius 2 is 1.96 bits per heavy atom. The van der Waals surface area contributed by atoms with E-state index < -0.39 is 5.91 Å². The molecule has 7 nitrogen and oxygen atoms in total. The number of furan rings is 1. The highest BCUT2D eigenvalue weighted by Crippen LogP contribution is 2.28. The molecule has 0 saturated heterocycles. The Labute approximate surface area is 146 Å². The quantitative estimate of drug-likeness (QED) is 0.752. The van der Waals surface area contributed by atoms with Crippen molar-refractivity contribution in [1.29, 1.82) is 0 Å². The van der Waals surface area contributed by atoms with E-state index in [1.54, 1.807) is 36.6 Å². The third-order valence-corrected chi connectivity index (χ3v) is 3.28. The van der Waals surface area contributed by atoms with Gasteiger partial charge in [-0.25, -0.2) is 0 Å². The summed E-state index contributed by atoms with van der Waals surface area (Å²) in [7, 11) is 1.50. The average molecular weight is 346 g/mol. The molecule has 0 aliphatic heterocycles. The first-order valence-corrected chi connectivity index (χ1v) is 7.96. The number of amides is 2. The molecule has 2 aromatic rings. The van der Waals surface area contributed by atoms with Crippen LogP contribution >= 0.6 is 0 Å². The van der Waals surface area contributed by atoms with E-state index in [4.69, 9.17) is 13.9 Å². The van der Waals surface area contributed by atoms with Crippen molar-refractivity contribution in [3.05, 3.63) is 47.9 Å². The fourth-order valence-electron chi connectivity index (χ4n) is 2.11. The number of carbonyl (C=O) groups excluding carboxylic acids is 2. The van der Waals surface area contributed by atoms with Gasteiger partial charge >= 0.3 is 0 Å². The smallest absolute Gasteiger partial charge is 0.269 e. The van der Waals surface area contributed by atoms with E-state index in [0.29, 0.717) is 29.2 Å². The number of ether oxygens (including phenoxy) is 2. The monoisotopic (exact) mass is 346 g/mol. The van der Waals surface area contributed by atoms with Crippen molar-refractivity contribution in [2.75, 3.05) is 7.11 Å². The van der Waals surface area contributed by atoms with Crippen molar-refractivity contribution in [2.45, 2.75) is 32.8 Å². The van der Waals surface area contributed by atoms with Gasteiger partial charge in [0.05, 0.1) is 19.5 Å². The van der Waals surface area contributed by atoms with Crippen LogP contribution in [0.15, 0.2) is 41.0 Å². The fourth-order valence-corrected chi connectivity index (χ4v) is 2.11. The summed E-state index contributed by atoms with van der Waals surface area (Å²) in [6, 6.07) is 8.37. The molecule has 0 aliphatic rings. The maximum absolute atomic E-state index is 12.1. The molecule has 25 heavy (non-hydrogen) atoms. The molecule has 0 radical (unpaired) electrons. The zero-order chi connectivity index (χ0) is 18.2. The molecule has 0 aliphatic carbocycles. The van der Waals surface area contributed by atoms with Gasteiger partial charge < -0.3 is 13.9 Å². The van der Waals surface area contributed by atoms with Crippen LogP contribution in [0.25, 0.3) is 0 Å². The zero-order valence-electron chi connectivity index (χ0n) is 14.5. The van der Waals surface area contributed by atoms with Crippen LogP contribution in [0.2, 0.25) is 0 Å². The number of carbonyl (C=O) groups is 2. The Kier molecular flexibility index (Phi) is 6.45. The SMILES string of the molecule is COc1cc(C(=O)NNC(=O)CCc2ccco2)ccc1OC(C)C. The van der Waals surface area contributed by atoms with Gasteiger partial charge in [0, 0.05) is 18.4 Å². The van der Waals surface area contributed by atoms with Crippen molar-refractivity contribution in [2.24, 2.45) is 0 Å². The number of methoxy groups -OCH3 is 1. The highest BCUT2D eigenvalue weighted by atomic mass is 16.5. The van der Waals surface area contributed by atoms with Crippen molar-refractivity contribution in [3.8, 4) is 11.5 Å². The summed E-state index contributed by atoms with van der Waals surface area (Å²) in [5, 5.41) is 0. The number of nitrogens with one attached hydrogen (secondary N) is 2. The molecule has 0 atom stereocenters. The van der Waals surface area contributed by atoms with Crippen molar-refractivity contribution < 1.29 is 23.5 Å². The Balaban J connectivity index is 1.88. The highest BCUT2D eigenvalue weighted by molar-refractivity contribution is 5.96. The second-order valence-electron chi connectivity index (χ2n) is 5.61. The van der Waals surface area contributed by atoms with Gasteiger partial charge in [0.1, 0.15) is 5.76 Å². The Bertz CT molecular complexity index is 710. The summed E-state index contributed by atoms with van der Waals surface area (Å²) in [4.78, 5) is 23.9. The third-order valence-electron chi connectivity index (χ3n) is 3.28. The van der Waals surface area contributed by atoms with E-state index in [2.05, 4.69) is 10.9 Å². The van der Waals surface area contributed by atoms with Gasteiger partial charge in [0.25, 0.3) is 5.91 Å². The molecule has 2 N–H and O–H groups in total. The minimum atomic E-state index is -0.444. The van der Waals surface area contributed by atoms with Crippen LogP contribution in [-0.4, -0.2) is 25.0 Å². The number of hydrogen-bond acceptors (Lipinski definition) is 5. The van der Waals surface area contributed by atoms with Crippen LogP contribution in [0.1, 0.15) is 36.4 Å². The van der Waals surface area contributed by atoms with Crippen LogP contribution < -0.4 is 20.3 Å². The summed E-state index contributed by atoms with van der Waals surface area (Å²) in [6.07, 6.45) is 2.21. The molecule has 2 amide bonds. The predicted molar refractivity (Wildman–Crippen MR) is 91.4 cm³/mol. The van der Waals surface area contributed by atoms with Crippen LogP contribution in [0.3, 0.4) is 0 Å². The molecule has 7 heteroatoms. The largest absolute Gasteiger partial charge is 0.493 e. The molecule has 1 aromatic heterocycles. The van der Waals surface area contributed by atoms with Crippen LogP contribution in [0.5, 0.6) is 11.5 Å². The number of aryl methyl sites for hydroxylation is 1. The Morgan fingerprint density at radius 3 is 2.60 bits per heavy atom. The van der Waals surface area contributed by atoms with Gasteiger partial charge in [0.2, 0.25) is 5.91 Å². The molecule has 0 saturated carbocycles. The van der Waals surface area contributed by atoms with Gasteiger partial charge in [-0.1, -0.05) is 0 Å². The number of hydrogen-bond donors (Lipinski definition) is 2. The molecule has 1 heterocycles. The summed E-state index contributed by atoms with van der Waals surface area (Å²) >= 11 is 0. The minimum Gasteiger partial charge on any atom is -0.493 e. The molecule has 2 rings (SSSR count). The Morgan fingerprint density at radius 1 is 1.16 bits per heavy atom. The van der Waals surface area contributed by atoms with E-state index in [-0.39, 0.29) is 18.4 Å². The lowest BCUT2D eigenvalue weighted by molar-refractivity contribution is -0.121. The first-order valence-electron chi connectivity index (χ1n) is 7.96. The highest BCUT2D eigenvalue weighted by Gasteiger charge is 2.13. The molecule has 0 bridgehead atoms. The van der Waals surface area contributed by atoms with E-state index >= 15 is 0 Å². The standard InChI is InChI=1S/C18H22N2O5/c1-12(2)25-15-8-6-13(11-16(15)23-3)18(22)20-19-17(21)9-7-14-5-4-10-24-14/h4-6,8,10-12H,7,9H2,1-3H3,(H,19,21)(H,20,22). The van der Waals surface area contributed by atoms with Crippen LogP contribution in [-0.2, 0) is 11.2 Å². The number of hydrazine groups is 1. The van der Waals surface area contributed by atoms with Crippen LogP contribution in [0.4, 0.5) is 0 Å². The molecule has 134 valence electrons. The molecule has 0 unspecified atom stereocenters. The van der Waals surface area contributed by atoms with Gasteiger partial charge in [-0.2, -0.15) is 0 Å². The summed E-state index contributed by atoms with van der Waals surface area (Å²) in [6.45, 7) is 3.80. The molecule has 1 aromatic carbocycles. The second kappa shape index (κ2) is 8.77. The van der Waals surface area contributed by atoms with Gasteiger partial charge in [0.15, 0.2) is 11.5 Å². The summed E-state index contributed by atoms with van der Waals surface area (Å²) < 4.78 is 16.0. The molecular weight excluding hydrogens is 324 g/mol. The summed E-state index contributed by atoms with van der Waals surface area (Å²) in [5.41, 5.74) is 5.10. The fraction of sp³-hybridized carbons (Fsp3) is 0.333. The zero-order valence-corrected chi connectivity index (χ0v) is 14.5. The molecule has 0 fully saturated rings. The second-order valence-corrected chi connectivity index (χ2v) is 5.61. The first-order chi connectivity index (χ1) is 12.0. The van der Waals surface area contributed by atoms with Gasteiger partial charge in [-0.05, 0) is 44.2 Å². The van der Waals surface area contributed by atoms with Crippen molar-refractivity contribution in [1.82, 2.24) is 10.9 Å². The molecule has 0 spiro atoms. The van der Waals surface area contributed by atoms with Crippen molar-refractivity contribution in [3.63, 3.8) is 0 Å². The normalized spacial score (nSPS) is 10.4. The third kappa shape index (κ3) is 5.56. The maximum atomic E-state index is 12.1.